The molecule has 0 radical (unpaired) electrons. The molecule has 17 nitrogen and oxygen atoms in total. The van der Waals surface area contributed by atoms with E-state index in [4.69, 9.17) is 37.0 Å². The minimum Gasteiger partial charge on any atom is -0.462 e. The monoisotopic (exact) mass is 1320 g/mol. The van der Waals surface area contributed by atoms with Gasteiger partial charge in [0.25, 0.3) is 0 Å². The molecule has 0 aromatic heterocycles. The highest BCUT2D eigenvalue weighted by Crippen LogP contribution is 2.45. The summed E-state index contributed by atoms with van der Waals surface area (Å²) in [5.74, 6) is 0.888. The van der Waals surface area contributed by atoms with Crippen molar-refractivity contribution in [2.75, 3.05) is 39.6 Å². The number of esters is 4. The van der Waals surface area contributed by atoms with Gasteiger partial charge in [-0.2, -0.15) is 0 Å². The molecule has 0 amide bonds. The van der Waals surface area contributed by atoms with E-state index in [1.165, 1.54) is 148 Å². The van der Waals surface area contributed by atoms with Crippen LogP contribution in [0.15, 0.2) is 0 Å². The Morgan fingerprint density at radius 3 is 0.789 bits per heavy atom. The SMILES string of the molecule is CCC(C)CCCCCCCCCCCCC(=O)OC[C@H](COP(=O)(O)OCC(O)COP(=O)(O)OC[C@@H](COC(=O)CCCCCCCCCC(C)C)OC(=O)CCCCCCCCCCCC(C)C)OC(=O)CCCCCCCCCCCCCC(C)C. The first kappa shape index (κ1) is 88.1. The third kappa shape index (κ3) is 63.5. The topological polar surface area (TPSA) is 237 Å². The van der Waals surface area contributed by atoms with Gasteiger partial charge in [0.05, 0.1) is 26.4 Å². The number of unbranched alkanes of at least 4 members (excludes halogenated alkanes) is 33. The summed E-state index contributed by atoms with van der Waals surface area (Å²) < 4.78 is 68.3. The highest BCUT2D eigenvalue weighted by molar-refractivity contribution is 7.47. The molecule has 0 bridgehead atoms. The highest BCUT2D eigenvalue weighted by atomic mass is 31.2. The Bertz CT molecular complexity index is 1780. The lowest BCUT2D eigenvalue weighted by Gasteiger charge is -2.21. The number of aliphatic hydroxyl groups is 1. The summed E-state index contributed by atoms with van der Waals surface area (Å²) in [5.41, 5.74) is 0. The van der Waals surface area contributed by atoms with Gasteiger partial charge in [0, 0.05) is 25.7 Å². The van der Waals surface area contributed by atoms with Crippen LogP contribution in [0.1, 0.15) is 351 Å². The van der Waals surface area contributed by atoms with Crippen LogP contribution in [0.5, 0.6) is 0 Å². The largest absolute Gasteiger partial charge is 0.472 e. The predicted octanol–water partition coefficient (Wildman–Crippen LogP) is 20.1. The molecule has 0 fully saturated rings. The highest BCUT2D eigenvalue weighted by Gasteiger charge is 2.30. The van der Waals surface area contributed by atoms with E-state index in [0.29, 0.717) is 31.6 Å². The van der Waals surface area contributed by atoms with Crippen molar-refractivity contribution in [3.8, 4) is 0 Å². The Labute approximate surface area is 549 Å². The molecule has 4 unspecified atom stereocenters. The summed E-state index contributed by atoms with van der Waals surface area (Å²) in [7, 11) is -9.90. The van der Waals surface area contributed by atoms with Gasteiger partial charge in [-0.1, -0.05) is 299 Å². The quantitative estimate of drug-likeness (QED) is 0.0222. The van der Waals surface area contributed by atoms with Crippen LogP contribution in [0.2, 0.25) is 0 Å². The lowest BCUT2D eigenvalue weighted by molar-refractivity contribution is -0.161. The molecule has 6 atom stereocenters. The van der Waals surface area contributed by atoms with Crippen molar-refractivity contribution in [3.63, 3.8) is 0 Å². The molecular weight excluding hydrogens is 1190 g/mol. The van der Waals surface area contributed by atoms with Gasteiger partial charge in [-0.05, 0) is 49.4 Å². The van der Waals surface area contributed by atoms with Gasteiger partial charge in [0.1, 0.15) is 19.3 Å². The summed E-state index contributed by atoms with van der Waals surface area (Å²) in [5, 5.41) is 10.6. The number of hydrogen-bond acceptors (Lipinski definition) is 15. The number of carbonyl (C=O) groups is 4. The number of ether oxygens (including phenoxy) is 4. The molecule has 0 saturated carbocycles. The first-order valence-corrected chi connectivity index (χ1v) is 39.7. The van der Waals surface area contributed by atoms with E-state index in [9.17, 15) is 43.2 Å². The molecule has 3 N–H and O–H groups in total. The van der Waals surface area contributed by atoms with Crippen molar-refractivity contribution in [3.05, 3.63) is 0 Å². The standard InChI is InChI=1S/C71H138O17P2/c1-9-64(8)50-42-34-26-18-13-14-19-27-35-43-51-68(73)81-57-66(87-70(75)53-45-37-28-20-12-10-11-16-23-31-39-47-61(2)3)59-85-89(77,78)83-55-65(72)56-84-90(79,80)86-60-67(58-82-69(74)52-44-36-30-22-25-33-41-49-63(6)7)88-71(76)54-46-38-29-21-15-17-24-32-40-48-62(4)5/h61-67,72H,9-60H2,1-8H3,(H,77,78)(H,79,80)/t64?,65?,66-,67-/m1/s1. The van der Waals surface area contributed by atoms with E-state index >= 15 is 0 Å². The van der Waals surface area contributed by atoms with E-state index in [-0.39, 0.29) is 25.7 Å². The maximum absolute atomic E-state index is 13.0. The van der Waals surface area contributed by atoms with E-state index in [1.807, 2.05) is 0 Å². The second kappa shape index (κ2) is 60.7. The van der Waals surface area contributed by atoms with Gasteiger partial charge < -0.3 is 33.8 Å². The lowest BCUT2D eigenvalue weighted by atomic mass is 9.99. The van der Waals surface area contributed by atoms with Gasteiger partial charge in [-0.25, -0.2) is 9.13 Å². The number of carbonyl (C=O) groups excluding carboxylic acids is 4. The first-order valence-electron chi connectivity index (χ1n) is 36.7. The maximum Gasteiger partial charge on any atom is 0.472 e. The molecule has 19 heteroatoms. The zero-order valence-corrected chi connectivity index (χ0v) is 60.6. The van der Waals surface area contributed by atoms with Gasteiger partial charge >= 0.3 is 39.5 Å². The molecule has 0 rings (SSSR count). The molecule has 0 aromatic rings. The van der Waals surface area contributed by atoms with E-state index in [2.05, 4.69) is 55.4 Å². The van der Waals surface area contributed by atoms with Crippen molar-refractivity contribution in [2.24, 2.45) is 23.7 Å². The van der Waals surface area contributed by atoms with E-state index < -0.39 is 97.5 Å². The molecule has 0 heterocycles. The minimum absolute atomic E-state index is 0.104. The van der Waals surface area contributed by atoms with Crippen molar-refractivity contribution in [1.29, 1.82) is 0 Å². The second-order valence-corrected chi connectivity index (χ2v) is 30.2. The van der Waals surface area contributed by atoms with Crippen LogP contribution >= 0.6 is 15.6 Å². The summed E-state index contributed by atoms with van der Waals surface area (Å²) in [6.07, 6.45) is 43.0. The van der Waals surface area contributed by atoms with Crippen LogP contribution in [0.25, 0.3) is 0 Å². The van der Waals surface area contributed by atoms with Crippen LogP contribution in [-0.2, 0) is 65.4 Å². The van der Waals surface area contributed by atoms with Gasteiger partial charge in [0.15, 0.2) is 12.2 Å². The summed E-state index contributed by atoms with van der Waals surface area (Å²) in [6, 6.07) is 0. The normalized spacial score (nSPS) is 14.6. The third-order valence-electron chi connectivity index (χ3n) is 16.7. The van der Waals surface area contributed by atoms with Gasteiger partial charge in [-0.3, -0.25) is 37.3 Å². The molecule has 0 saturated heterocycles. The van der Waals surface area contributed by atoms with Gasteiger partial charge in [0.2, 0.25) is 0 Å². The van der Waals surface area contributed by atoms with Crippen molar-refractivity contribution in [1.82, 2.24) is 0 Å². The molecule has 0 aromatic carbocycles. The smallest absolute Gasteiger partial charge is 0.462 e. The Hall–Kier alpha value is -1.94. The predicted molar refractivity (Wildman–Crippen MR) is 363 cm³/mol. The first-order chi connectivity index (χ1) is 43.1. The number of hydrogen-bond donors (Lipinski definition) is 3. The molecule has 0 aliphatic rings. The molecular formula is C71H138O17P2. The fourth-order valence-corrected chi connectivity index (χ4v) is 12.2. The summed E-state index contributed by atoms with van der Waals surface area (Å²) in [4.78, 5) is 72.6. The molecule has 534 valence electrons. The average Bonchev–Trinajstić information content (AvgIpc) is 3.48. The third-order valence-corrected chi connectivity index (χ3v) is 18.6. The lowest BCUT2D eigenvalue weighted by Crippen LogP contribution is -2.30. The Kier molecular flexibility index (Phi) is 59.4. The van der Waals surface area contributed by atoms with Crippen LogP contribution in [0.3, 0.4) is 0 Å². The fraction of sp³-hybridized carbons (Fsp3) is 0.944. The Morgan fingerprint density at radius 1 is 0.311 bits per heavy atom. The Balaban J connectivity index is 5.27. The number of aliphatic hydroxyl groups excluding tert-OH is 1. The fourth-order valence-electron chi connectivity index (χ4n) is 10.6. The number of phosphoric acid groups is 2. The molecule has 90 heavy (non-hydrogen) atoms. The van der Waals surface area contributed by atoms with Crippen LogP contribution in [-0.4, -0.2) is 96.7 Å². The number of rotatable bonds is 68. The Morgan fingerprint density at radius 2 is 0.533 bits per heavy atom. The zero-order valence-electron chi connectivity index (χ0n) is 58.8. The average molecular weight is 1330 g/mol. The van der Waals surface area contributed by atoms with Crippen molar-refractivity contribution in [2.45, 2.75) is 369 Å². The molecule has 0 aliphatic carbocycles. The second-order valence-electron chi connectivity index (χ2n) is 27.3. The zero-order chi connectivity index (χ0) is 66.8. The van der Waals surface area contributed by atoms with Crippen LogP contribution in [0, 0.1) is 23.7 Å². The maximum atomic E-state index is 13.0. The summed E-state index contributed by atoms with van der Waals surface area (Å²) >= 11 is 0. The van der Waals surface area contributed by atoms with Crippen molar-refractivity contribution < 1.29 is 80.2 Å². The minimum atomic E-state index is -4.95. The van der Waals surface area contributed by atoms with E-state index in [1.54, 1.807) is 0 Å². The summed E-state index contributed by atoms with van der Waals surface area (Å²) in [6.45, 7) is 14.1. The molecule has 0 aliphatic heterocycles. The molecule has 0 spiro atoms. The van der Waals surface area contributed by atoms with E-state index in [0.717, 1.165) is 114 Å². The van der Waals surface area contributed by atoms with Gasteiger partial charge in [-0.15, -0.1) is 0 Å². The van der Waals surface area contributed by atoms with Crippen LogP contribution < -0.4 is 0 Å². The number of phosphoric ester groups is 2. The van der Waals surface area contributed by atoms with Crippen LogP contribution in [0.4, 0.5) is 0 Å². The van der Waals surface area contributed by atoms with Crippen molar-refractivity contribution >= 4 is 39.5 Å².